The number of carbonyl (C=O) groups is 1. The van der Waals surface area contributed by atoms with E-state index in [2.05, 4.69) is 47.6 Å². The van der Waals surface area contributed by atoms with E-state index < -0.39 is 0 Å². The van der Waals surface area contributed by atoms with Crippen molar-refractivity contribution >= 4 is 5.97 Å². The summed E-state index contributed by atoms with van der Waals surface area (Å²) in [6.45, 7) is 16.1. The zero-order valence-electron chi connectivity index (χ0n) is 14.5. The van der Waals surface area contributed by atoms with Gasteiger partial charge in [-0.2, -0.15) is 0 Å². The van der Waals surface area contributed by atoms with Gasteiger partial charge in [0.2, 0.25) is 0 Å². The van der Waals surface area contributed by atoms with Crippen LogP contribution in [-0.4, -0.2) is 11.1 Å². The van der Waals surface area contributed by atoms with Crippen LogP contribution in [0.2, 0.25) is 0 Å². The molecule has 0 saturated heterocycles. The zero-order valence-corrected chi connectivity index (χ0v) is 14.5. The summed E-state index contributed by atoms with van der Waals surface area (Å²) in [5, 5.41) is 10.6. The van der Waals surface area contributed by atoms with E-state index in [1.807, 2.05) is 6.92 Å². The lowest BCUT2D eigenvalue weighted by atomic mass is 9.76. The molecule has 3 heteroatoms. The van der Waals surface area contributed by atoms with Gasteiger partial charge in [-0.3, -0.25) is 4.79 Å². The molecule has 0 radical (unpaired) electrons. The number of hydrogen-bond donors (Lipinski definition) is 1. The highest BCUT2D eigenvalue weighted by molar-refractivity contribution is 5.66. The van der Waals surface area contributed by atoms with Gasteiger partial charge in [0.1, 0.15) is 12.4 Å². The molecule has 1 rings (SSSR count). The summed E-state index contributed by atoms with van der Waals surface area (Å²) < 4.78 is 5.13. The van der Waals surface area contributed by atoms with E-state index >= 15 is 0 Å². The van der Waals surface area contributed by atoms with Gasteiger partial charge in [-0.05, 0) is 34.4 Å². The molecule has 0 aliphatic carbocycles. The van der Waals surface area contributed by atoms with Gasteiger partial charge < -0.3 is 9.84 Å². The number of phenolic OH excluding ortho intramolecular Hbond substituents is 1. The smallest absolute Gasteiger partial charge is 0.302 e. The molecule has 21 heavy (non-hydrogen) atoms. The maximum Gasteiger partial charge on any atom is 0.302 e. The first-order valence-corrected chi connectivity index (χ1v) is 7.35. The summed E-state index contributed by atoms with van der Waals surface area (Å²) in [7, 11) is 0. The molecule has 0 aliphatic heterocycles. The Balaban J connectivity index is 3.57. The molecule has 0 spiro atoms. The minimum atomic E-state index is -0.340. The second-order valence-electron chi connectivity index (χ2n) is 7.70. The maximum absolute atomic E-state index is 11.1. The summed E-state index contributed by atoms with van der Waals surface area (Å²) in [5.74, 6) is -0.0958. The number of aromatic hydroxyl groups is 1. The lowest BCUT2D eigenvalue weighted by molar-refractivity contribution is -0.142. The Hall–Kier alpha value is -1.51. The Morgan fingerprint density at radius 3 is 1.95 bits per heavy atom. The summed E-state index contributed by atoms with van der Waals surface area (Å²) in [6.07, 6.45) is 0. The number of benzene rings is 1. The molecule has 1 aromatic rings. The minimum absolute atomic E-state index is 0.0389. The lowest BCUT2D eigenvalue weighted by Gasteiger charge is -2.29. The van der Waals surface area contributed by atoms with Crippen LogP contribution < -0.4 is 0 Å². The van der Waals surface area contributed by atoms with Crippen LogP contribution in [0.5, 0.6) is 5.75 Å². The fourth-order valence-corrected chi connectivity index (χ4v) is 2.52. The third-order valence-electron chi connectivity index (χ3n) is 3.72. The van der Waals surface area contributed by atoms with Crippen molar-refractivity contribution in [2.24, 2.45) is 0 Å². The van der Waals surface area contributed by atoms with E-state index in [1.165, 1.54) is 12.5 Å². The number of carbonyl (C=O) groups excluding carboxylic acids is 1. The highest BCUT2D eigenvalue weighted by Crippen LogP contribution is 2.40. The molecular formula is C18H28O3. The molecule has 0 unspecified atom stereocenters. The predicted molar refractivity (Wildman–Crippen MR) is 85.7 cm³/mol. The largest absolute Gasteiger partial charge is 0.507 e. The average molecular weight is 292 g/mol. The predicted octanol–water partition coefficient (Wildman–Crippen LogP) is 4.36. The Morgan fingerprint density at radius 1 is 1.10 bits per heavy atom. The number of esters is 1. The number of phenols is 1. The molecule has 0 heterocycles. The topological polar surface area (TPSA) is 46.5 Å². The number of hydrogen-bond acceptors (Lipinski definition) is 3. The second-order valence-corrected chi connectivity index (χ2v) is 7.70. The van der Waals surface area contributed by atoms with Crippen molar-refractivity contribution in [3.63, 3.8) is 0 Å². The van der Waals surface area contributed by atoms with Crippen molar-refractivity contribution in [2.75, 3.05) is 0 Å². The van der Waals surface area contributed by atoms with E-state index in [9.17, 15) is 9.90 Å². The Labute approximate surface area is 128 Å². The first-order valence-electron chi connectivity index (χ1n) is 7.35. The molecular weight excluding hydrogens is 264 g/mol. The fourth-order valence-electron chi connectivity index (χ4n) is 2.52. The number of rotatable bonds is 2. The lowest BCUT2D eigenvalue weighted by Crippen LogP contribution is -2.20. The van der Waals surface area contributed by atoms with Gasteiger partial charge in [0.25, 0.3) is 0 Å². The van der Waals surface area contributed by atoms with Crippen LogP contribution in [0.25, 0.3) is 0 Å². The van der Waals surface area contributed by atoms with Gasteiger partial charge in [-0.15, -0.1) is 0 Å². The van der Waals surface area contributed by atoms with Crippen molar-refractivity contribution in [1.29, 1.82) is 0 Å². The molecule has 118 valence electrons. The quantitative estimate of drug-likeness (QED) is 0.824. The summed E-state index contributed by atoms with van der Waals surface area (Å²) in [6, 6.07) is 2.09. The highest BCUT2D eigenvalue weighted by Gasteiger charge is 2.27. The van der Waals surface area contributed by atoms with Crippen molar-refractivity contribution in [3.8, 4) is 5.75 Å². The third kappa shape index (κ3) is 3.99. The van der Waals surface area contributed by atoms with Gasteiger partial charge in [0, 0.05) is 12.5 Å². The van der Waals surface area contributed by atoms with E-state index in [-0.39, 0.29) is 29.2 Å². The normalized spacial score (nSPS) is 12.4. The molecule has 1 aromatic carbocycles. The van der Waals surface area contributed by atoms with Gasteiger partial charge in [-0.1, -0.05) is 47.6 Å². The average Bonchev–Trinajstić information content (AvgIpc) is 2.24. The van der Waals surface area contributed by atoms with Crippen LogP contribution in [-0.2, 0) is 27.0 Å². The summed E-state index contributed by atoms with van der Waals surface area (Å²) in [4.78, 5) is 11.1. The Kier molecular flexibility index (Phi) is 4.76. The van der Waals surface area contributed by atoms with Crippen molar-refractivity contribution in [2.45, 2.75) is 72.8 Å². The van der Waals surface area contributed by atoms with Crippen LogP contribution >= 0.6 is 0 Å². The molecule has 0 bridgehead atoms. The molecule has 0 atom stereocenters. The minimum Gasteiger partial charge on any atom is -0.507 e. The van der Waals surface area contributed by atoms with Crippen LogP contribution in [0.3, 0.4) is 0 Å². The number of ether oxygens (including phenoxy) is 1. The van der Waals surface area contributed by atoms with Crippen LogP contribution in [0, 0.1) is 6.92 Å². The Morgan fingerprint density at radius 2 is 1.57 bits per heavy atom. The first kappa shape index (κ1) is 17.5. The van der Waals surface area contributed by atoms with Crippen molar-refractivity contribution in [1.82, 2.24) is 0 Å². The van der Waals surface area contributed by atoms with Gasteiger partial charge in [0.05, 0.1) is 0 Å². The summed E-state index contributed by atoms with van der Waals surface area (Å²) >= 11 is 0. The van der Waals surface area contributed by atoms with Gasteiger partial charge in [0.15, 0.2) is 0 Å². The molecule has 3 nitrogen and oxygen atoms in total. The van der Waals surface area contributed by atoms with E-state index in [0.717, 1.165) is 11.1 Å². The molecule has 0 saturated carbocycles. The van der Waals surface area contributed by atoms with E-state index in [4.69, 9.17) is 4.74 Å². The van der Waals surface area contributed by atoms with E-state index in [1.54, 1.807) is 0 Å². The monoisotopic (exact) mass is 292 g/mol. The fraction of sp³-hybridized carbons (Fsp3) is 0.611. The van der Waals surface area contributed by atoms with Crippen molar-refractivity contribution in [3.05, 3.63) is 28.3 Å². The van der Waals surface area contributed by atoms with Crippen LogP contribution in [0.1, 0.15) is 70.7 Å². The van der Waals surface area contributed by atoms with Gasteiger partial charge in [-0.25, -0.2) is 0 Å². The molecule has 1 N–H and O–H groups in total. The zero-order chi connectivity index (χ0) is 16.6. The van der Waals surface area contributed by atoms with Crippen LogP contribution in [0.15, 0.2) is 6.07 Å². The Bertz CT molecular complexity index is 505. The molecule has 0 amide bonds. The van der Waals surface area contributed by atoms with E-state index in [0.29, 0.717) is 5.56 Å². The first-order chi connectivity index (χ1) is 9.35. The van der Waals surface area contributed by atoms with Crippen LogP contribution in [0.4, 0.5) is 0 Å². The molecule has 0 aliphatic rings. The summed E-state index contributed by atoms with van der Waals surface area (Å²) in [5.41, 5.74) is 3.55. The second kappa shape index (κ2) is 5.70. The maximum atomic E-state index is 11.1. The SMILES string of the molecule is CC(=O)OCc1c(C)c(C(C)(C)C)cc(C(C)(C)C)c1O. The van der Waals surface area contributed by atoms with Gasteiger partial charge >= 0.3 is 5.97 Å². The standard InChI is InChI=1S/C18H28O3/c1-11-13(10-21-12(2)19)16(20)15(18(6,7)8)9-14(11)17(3,4)5/h9,20H,10H2,1-8H3. The highest BCUT2D eigenvalue weighted by atomic mass is 16.5. The molecule has 0 fully saturated rings. The third-order valence-corrected chi connectivity index (χ3v) is 3.72. The van der Waals surface area contributed by atoms with Crippen molar-refractivity contribution < 1.29 is 14.6 Å². The molecule has 0 aromatic heterocycles.